The van der Waals surface area contributed by atoms with Crippen LogP contribution in [0.25, 0.3) is 0 Å². The second kappa shape index (κ2) is 9.42. The average molecular weight is 532 g/mol. The van der Waals surface area contributed by atoms with Crippen LogP contribution in [0, 0.1) is 0 Å². The van der Waals surface area contributed by atoms with Gasteiger partial charge < -0.3 is 4.74 Å². The van der Waals surface area contributed by atoms with Gasteiger partial charge in [-0.05, 0) is 0 Å². The van der Waals surface area contributed by atoms with E-state index in [0.717, 1.165) is 0 Å². The molecule has 18 heteroatoms. The first-order valence-electron chi connectivity index (χ1n) is 6.00. The molecule has 0 atom stereocenters. The molecule has 0 unspecified atom stereocenters. The van der Waals surface area contributed by atoms with Gasteiger partial charge in [-0.1, -0.05) is 0 Å². The Labute approximate surface area is 193 Å². The Morgan fingerprint density at radius 1 is 0.500 bits per heavy atom. The van der Waals surface area contributed by atoms with Crippen molar-refractivity contribution in [2.75, 3.05) is 13.2 Å². The van der Waals surface area contributed by atoms with Gasteiger partial charge in [-0.3, -0.25) is 0 Å². The van der Waals surface area contributed by atoms with Gasteiger partial charge in [0.25, 0.3) is 0 Å². The van der Waals surface area contributed by atoms with Crippen LogP contribution < -0.4 is 0 Å². The number of ether oxygens (including phenoxy) is 1. The first-order valence-corrected chi connectivity index (χ1v) is 6.00. The fraction of sp³-hybridized carbons (Fsp3) is 1.00. The second-order valence-electron chi connectivity index (χ2n) is 4.90. The zero-order chi connectivity index (χ0) is 22.3. The summed E-state index contributed by atoms with van der Waals surface area (Å²) >= 11 is 0. The quantitative estimate of drug-likeness (QED) is 0.362. The predicted molar refractivity (Wildman–Crippen MR) is 58.3 cm³/mol. The van der Waals surface area contributed by atoms with Crippen LogP contribution in [-0.2, 0) is 4.74 Å². The van der Waals surface area contributed by atoms with Crippen molar-refractivity contribution in [1.29, 1.82) is 0 Å². The summed E-state index contributed by atoms with van der Waals surface area (Å²) in [6.07, 6.45) is -10.8. The van der Waals surface area contributed by atoms with E-state index in [4.69, 9.17) is 0 Å². The fourth-order valence-electron chi connectivity index (χ4n) is 1.25. The second-order valence-corrected chi connectivity index (χ2v) is 4.90. The predicted octanol–water partition coefficient (Wildman–Crippen LogP) is 4.96. The Hall–Kier alpha value is 0.645. The van der Waals surface area contributed by atoms with Gasteiger partial charge in [0, 0.05) is 58.2 Å². The first kappa shape index (κ1) is 30.8. The molecule has 1 radical (unpaired) electrons. The van der Waals surface area contributed by atoms with Gasteiger partial charge in [-0.25, -0.2) is 17.6 Å². The van der Waals surface area contributed by atoms with E-state index in [1.54, 1.807) is 0 Å². The summed E-state index contributed by atoms with van der Waals surface area (Å²) in [5.41, 5.74) is 0. The molecule has 0 amide bonds. The number of halogens is 16. The first-order chi connectivity index (χ1) is 11.6. The van der Waals surface area contributed by atoms with Crippen molar-refractivity contribution in [1.82, 2.24) is 0 Å². The minimum atomic E-state index is -6.95. The van der Waals surface area contributed by atoms with Crippen molar-refractivity contribution in [2.45, 2.75) is 48.4 Å². The molecule has 0 aliphatic rings. The van der Waals surface area contributed by atoms with E-state index >= 15 is 0 Å². The third kappa shape index (κ3) is 5.46. The molecule has 0 aromatic rings. The van der Waals surface area contributed by atoms with Crippen molar-refractivity contribution in [3.05, 3.63) is 0 Å². The van der Waals surface area contributed by atoms with Crippen molar-refractivity contribution < 1.29 is 75.0 Å². The summed E-state index contributed by atoms with van der Waals surface area (Å²) in [6.45, 7) is -6.68. The van der Waals surface area contributed by atoms with Crippen molar-refractivity contribution in [3.8, 4) is 0 Å². The molecule has 0 rings (SSSR count). The van der Waals surface area contributed by atoms with Gasteiger partial charge in [0.1, 0.15) is 13.2 Å². The third-order valence-corrected chi connectivity index (χ3v) is 2.87. The maximum atomic E-state index is 12.9. The number of hydrogen-bond acceptors (Lipinski definition) is 1. The van der Waals surface area contributed by atoms with Gasteiger partial charge in [0.2, 0.25) is 0 Å². The van der Waals surface area contributed by atoms with E-state index in [9.17, 15) is 70.2 Å². The van der Waals surface area contributed by atoms with Gasteiger partial charge >= 0.3 is 48.4 Å². The summed E-state index contributed by atoms with van der Waals surface area (Å²) in [5.74, 6) is -40.1. The summed E-state index contributed by atoms with van der Waals surface area (Å²) in [5, 5.41) is 0. The normalized spacial score (nSPS) is 15.2. The molecule has 0 fully saturated rings. The molecule has 0 N–H and O–H groups in total. The van der Waals surface area contributed by atoms with Crippen molar-refractivity contribution in [3.63, 3.8) is 0 Å². The van der Waals surface area contributed by atoms with Crippen LogP contribution in [-0.4, -0.2) is 120 Å². The number of hydrogen-bond donors (Lipinski definition) is 0. The van der Waals surface area contributed by atoms with E-state index in [0.29, 0.717) is 0 Å². The number of rotatable bonds is 10. The van der Waals surface area contributed by atoms with Crippen molar-refractivity contribution in [2.24, 2.45) is 0 Å². The molecule has 0 saturated carbocycles. The van der Waals surface area contributed by atoms with Crippen LogP contribution in [0.15, 0.2) is 0 Å². The zero-order valence-corrected chi connectivity index (χ0v) is 17.9. The molecular weight excluding hydrogens is 526 g/mol. The van der Waals surface area contributed by atoms with Crippen LogP contribution in [0.3, 0.4) is 0 Å². The Morgan fingerprint density at radius 3 is 0.893 bits per heavy atom. The Balaban J connectivity index is 0. The third-order valence-electron chi connectivity index (χ3n) is 2.87. The van der Waals surface area contributed by atoms with Crippen LogP contribution in [0.5, 0.6) is 0 Å². The molecule has 0 heterocycles. The summed E-state index contributed by atoms with van der Waals surface area (Å²) in [7, 11) is 0. The maximum absolute atomic E-state index is 12.9. The van der Waals surface area contributed by atoms with E-state index in [1.807, 2.05) is 0 Å². The minimum Gasteiger partial charge on any atom is -0.368 e. The number of alkyl halides is 16. The van der Waals surface area contributed by atoms with Gasteiger partial charge in [-0.2, -0.15) is 52.7 Å². The SMILES string of the molecule is FC(F)C(F)(F)C(F)(F)C(F)(F)COCC(F)(F)C(F)(F)C(F)(F)C(F)F.[Rb]. The molecular formula is C10H6F16ORb. The Morgan fingerprint density at radius 2 is 0.714 bits per heavy atom. The molecule has 0 aliphatic carbocycles. The van der Waals surface area contributed by atoms with E-state index in [-0.39, 0.29) is 58.2 Å². The summed E-state index contributed by atoms with van der Waals surface area (Å²) in [6, 6.07) is 0. The summed E-state index contributed by atoms with van der Waals surface area (Å²) < 4.78 is 202. The maximum Gasteiger partial charge on any atom is 0.380 e. The monoisotopic (exact) mass is 531 g/mol. The summed E-state index contributed by atoms with van der Waals surface area (Å²) in [4.78, 5) is 0. The Bertz CT molecular complexity index is 460. The zero-order valence-electron chi connectivity index (χ0n) is 13.0. The van der Waals surface area contributed by atoms with E-state index < -0.39 is 61.6 Å². The van der Waals surface area contributed by atoms with E-state index in [1.165, 1.54) is 0 Å². The van der Waals surface area contributed by atoms with Crippen LogP contribution in [0.4, 0.5) is 70.2 Å². The largest absolute Gasteiger partial charge is 0.380 e. The molecule has 28 heavy (non-hydrogen) atoms. The smallest absolute Gasteiger partial charge is 0.368 e. The van der Waals surface area contributed by atoms with Gasteiger partial charge in [0.05, 0.1) is 0 Å². The standard InChI is InChI=1S/C10H6F16O.Rb/c11-3(12)7(19,20)9(23,24)5(15,16)1-27-2-6(17,18)10(25,26)8(21,22)4(13)14;/h3-4H,1-2H2;. The molecule has 1 nitrogen and oxygen atoms in total. The fourth-order valence-corrected chi connectivity index (χ4v) is 1.25. The molecule has 0 aromatic heterocycles. The molecule has 0 aromatic carbocycles. The Kier molecular flexibility index (Phi) is 10.4. The molecule has 165 valence electrons. The van der Waals surface area contributed by atoms with Crippen LogP contribution in [0.1, 0.15) is 0 Å². The van der Waals surface area contributed by atoms with Crippen molar-refractivity contribution >= 4 is 58.2 Å². The topological polar surface area (TPSA) is 9.23 Å². The van der Waals surface area contributed by atoms with Gasteiger partial charge in [-0.15, -0.1) is 0 Å². The molecule has 0 saturated heterocycles. The molecule has 0 bridgehead atoms. The van der Waals surface area contributed by atoms with Gasteiger partial charge in [0.15, 0.2) is 0 Å². The van der Waals surface area contributed by atoms with Crippen LogP contribution in [0.2, 0.25) is 0 Å². The molecule has 0 spiro atoms. The molecule has 0 aliphatic heterocycles. The van der Waals surface area contributed by atoms with E-state index in [2.05, 4.69) is 4.74 Å². The minimum absolute atomic E-state index is 0. The average Bonchev–Trinajstić information content (AvgIpc) is 2.45. The van der Waals surface area contributed by atoms with Crippen LogP contribution >= 0.6 is 0 Å².